The normalized spacial score (nSPS) is 11.2. The van der Waals surface area contributed by atoms with E-state index in [1.54, 1.807) is 18.2 Å². The van der Waals surface area contributed by atoms with Gasteiger partial charge in [0.2, 0.25) is 5.88 Å². The summed E-state index contributed by atoms with van der Waals surface area (Å²) in [5.41, 5.74) is 5.36. The van der Waals surface area contributed by atoms with Gasteiger partial charge in [-0.15, -0.1) is 9.19 Å². The molecule has 0 radical (unpaired) electrons. The number of ether oxygens (including phenoxy) is 1. The molecule has 0 bridgehead atoms. The second-order valence-corrected chi connectivity index (χ2v) is 6.71. The molecule has 0 saturated heterocycles. The van der Waals surface area contributed by atoms with Crippen molar-refractivity contribution in [2.24, 2.45) is 0 Å². The Balaban J connectivity index is 1.91. The van der Waals surface area contributed by atoms with Crippen LogP contribution < -0.4 is 10.5 Å². The number of nitrogens with zero attached hydrogens (tertiary/aromatic N) is 2. The van der Waals surface area contributed by atoms with Crippen LogP contribution in [0.1, 0.15) is 10.4 Å². The first-order valence-corrected chi connectivity index (χ1v) is 8.46. The predicted molar refractivity (Wildman–Crippen MR) is 87.0 cm³/mol. The SMILES string of the molecule is Nc1cc(OC(=O)c2ccccc2F)nn1S(=O)(=O)c1ccccc1. The van der Waals surface area contributed by atoms with Gasteiger partial charge in [0.05, 0.1) is 10.5 Å². The van der Waals surface area contributed by atoms with E-state index in [0.29, 0.717) is 4.09 Å². The lowest BCUT2D eigenvalue weighted by atomic mass is 10.2. The molecule has 1 aromatic heterocycles. The molecule has 0 amide bonds. The number of halogens is 1. The van der Waals surface area contributed by atoms with Gasteiger partial charge in [-0.1, -0.05) is 30.3 Å². The number of carbonyl (C=O) groups excluding carboxylic acids is 1. The van der Waals surface area contributed by atoms with E-state index in [0.717, 1.165) is 12.1 Å². The lowest BCUT2D eigenvalue weighted by Crippen LogP contribution is -2.17. The van der Waals surface area contributed by atoms with Crippen molar-refractivity contribution in [2.45, 2.75) is 4.90 Å². The molecule has 0 unspecified atom stereocenters. The van der Waals surface area contributed by atoms with Crippen molar-refractivity contribution in [3.8, 4) is 5.88 Å². The molecule has 2 N–H and O–H groups in total. The number of hydrogen-bond acceptors (Lipinski definition) is 6. The summed E-state index contributed by atoms with van der Waals surface area (Å²) in [6.07, 6.45) is 0. The van der Waals surface area contributed by atoms with Crippen molar-refractivity contribution < 1.29 is 22.3 Å². The number of anilines is 1. The van der Waals surface area contributed by atoms with E-state index in [4.69, 9.17) is 10.5 Å². The maximum absolute atomic E-state index is 13.6. The minimum atomic E-state index is -4.04. The third kappa shape index (κ3) is 3.22. The number of nitrogen functional groups attached to an aromatic ring is 1. The van der Waals surface area contributed by atoms with E-state index in [1.807, 2.05) is 0 Å². The van der Waals surface area contributed by atoms with Crippen LogP contribution in [-0.4, -0.2) is 23.6 Å². The van der Waals surface area contributed by atoms with Crippen LogP contribution in [-0.2, 0) is 10.0 Å². The van der Waals surface area contributed by atoms with Crippen molar-refractivity contribution in [1.82, 2.24) is 9.19 Å². The molecule has 0 aliphatic heterocycles. The molecule has 1 heterocycles. The summed E-state index contributed by atoms with van der Waals surface area (Å²) in [5, 5.41) is 3.69. The monoisotopic (exact) mass is 361 g/mol. The molecule has 3 rings (SSSR count). The van der Waals surface area contributed by atoms with Gasteiger partial charge in [-0.2, -0.15) is 8.42 Å². The number of aromatic nitrogens is 2. The highest BCUT2D eigenvalue weighted by molar-refractivity contribution is 7.90. The summed E-state index contributed by atoms with van der Waals surface area (Å²) in [4.78, 5) is 11.9. The smallest absolute Gasteiger partial charge is 0.347 e. The summed E-state index contributed by atoms with van der Waals surface area (Å²) < 4.78 is 44.1. The van der Waals surface area contributed by atoms with E-state index in [2.05, 4.69) is 5.10 Å². The number of nitrogens with two attached hydrogens (primary N) is 1. The zero-order valence-corrected chi connectivity index (χ0v) is 13.5. The van der Waals surface area contributed by atoms with Crippen LogP contribution in [0.5, 0.6) is 5.88 Å². The van der Waals surface area contributed by atoms with E-state index < -0.39 is 21.8 Å². The number of carbonyl (C=O) groups is 1. The largest absolute Gasteiger partial charge is 0.402 e. The number of rotatable bonds is 4. The fourth-order valence-corrected chi connectivity index (χ4v) is 3.29. The average Bonchev–Trinajstić information content (AvgIpc) is 2.97. The Morgan fingerprint density at radius 3 is 2.40 bits per heavy atom. The maximum Gasteiger partial charge on any atom is 0.347 e. The van der Waals surface area contributed by atoms with Crippen LogP contribution in [0.2, 0.25) is 0 Å². The standard InChI is InChI=1S/C16H12FN3O4S/c17-13-9-5-4-8-12(13)16(21)24-15-10-14(18)20(19-15)25(22,23)11-6-2-1-3-7-11/h1-10H,18H2. The molecule has 7 nitrogen and oxygen atoms in total. The van der Waals surface area contributed by atoms with Crippen LogP contribution in [0.4, 0.5) is 10.2 Å². The van der Waals surface area contributed by atoms with Crippen LogP contribution in [0.25, 0.3) is 0 Å². The van der Waals surface area contributed by atoms with Crippen molar-refractivity contribution in [1.29, 1.82) is 0 Å². The van der Waals surface area contributed by atoms with Gasteiger partial charge in [0.15, 0.2) is 0 Å². The van der Waals surface area contributed by atoms with Crippen LogP contribution in [0.15, 0.2) is 65.6 Å². The Morgan fingerprint density at radius 1 is 1.08 bits per heavy atom. The molecule has 0 atom stereocenters. The fourth-order valence-electron chi connectivity index (χ4n) is 2.07. The second kappa shape index (κ2) is 6.36. The highest BCUT2D eigenvalue weighted by Gasteiger charge is 2.23. The Morgan fingerprint density at radius 2 is 1.72 bits per heavy atom. The maximum atomic E-state index is 13.6. The van der Waals surface area contributed by atoms with Crippen LogP contribution in [0, 0.1) is 5.82 Å². The number of benzene rings is 2. The molecule has 0 spiro atoms. The summed E-state index contributed by atoms with van der Waals surface area (Å²) in [6, 6.07) is 13.8. The molecule has 3 aromatic rings. The summed E-state index contributed by atoms with van der Waals surface area (Å²) >= 11 is 0. The predicted octanol–water partition coefficient (Wildman–Crippen LogP) is 2.06. The molecular formula is C16H12FN3O4S. The van der Waals surface area contributed by atoms with E-state index in [9.17, 15) is 17.6 Å². The quantitative estimate of drug-likeness (QED) is 0.713. The third-order valence-electron chi connectivity index (χ3n) is 3.24. The highest BCUT2D eigenvalue weighted by Crippen LogP contribution is 2.21. The van der Waals surface area contributed by atoms with Gasteiger partial charge in [0.25, 0.3) is 10.0 Å². The van der Waals surface area contributed by atoms with Crippen molar-refractivity contribution in [3.63, 3.8) is 0 Å². The molecular weight excluding hydrogens is 349 g/mol. The topological polar surface area (TPSA) is 104 Å². The van der Waals surface area contributed by atoms with Crippen LogP contribution >= 0.6 is 0 Å². The molecule has 0 saturated carbocycles. The Kier molecular flexibility index (Phi) is 4.24. The zero-order chi connectivity index (χ0) is 18.0. The van der Waals surface area contributed by atoms with E-state index in [-0.39, 0.29) is 22.2 Å². The summed E-state index contributed by atoms with van der Waals surface area (Å²) in [5.74, 6) is -2.39. The van der Waals surface area contributed by atoms with Gasteiger partial charge in [-0.3, -0.25) is 0 Å². The Labute approximate surface area is 142 Å². The third-order valence-corrected chi connectivity index (χ3v) is 4.86. The van der Waals surface area contributed by atoms with Crippen molar-refractivity contribution in [2.75, 3.05) is 5.73 Å². The fraction of sp³-hybridized carbons (Fsp3) is 0. The van der Waals surface area contributed by atoms with Crippen molar-refractivity contribution >= 4 is 21.8 Å². The minimum Gasteiger partial charge on any atom is -0.402 e. The first kappa shape index (κ1) is 16.7. The van der Waals surface area contributed by atoms with Gasteiger partial charge in [-0.05, 0) is 24.3 Å². The van der Waals surface area contributed by atoms with E-state index >= 15 is 0 Å². The summed E-state index contributed by atoms with van der Waals surface area (Å²) in [7, 11) is -4.04. The molecule has 9 heteroatoms. The molecule has 0 aliphatic carbocycles. The first-order chi connectivity index (χ1) is 11.9. The minimum absolute atomic E-state index is 0.0308. The van der Waals surface area contributed by atoms with Gasteiger partial charge in [0.1, 0.15) is 11.6 Å². The zero-order valence-electron chi connectivity index (χ0n) is 12.7. The highest BCUT2D eigenvalue weighted by atomic mass is 32.2. The van der Waals surface area contributed by atoms with Gasteiger partial charge >= 0.3 is 5.97 Å². The second-order valence-electron chi connectivity index (χ2n) is 4.94. The van der Waals surface area contributed by atoms with Crippen LogP contribution in [0.3, 0.4) is 0 Å². The molecule has 0 aliphatic rings. The first-order valence-electron chi connectivity index (χ1n) is 7.02. The van der Waals surface area contributed by atoms with E-state index in [1.165, 1.54) is 30.3 Å². The summed E-state index contributed by atoms with van der Waals surface area (Å²) in [6.45, 7) is 0. The molecule has 128 valence electrons. The van der Waals surface area contributed by atoms with Gasteiger partial charge < -0.3 is 10.5 Å². The van der Waals surface area contributed by atoms with Gasteiger partial charge in [0, 0.05) is 6.07 Å². The Bertz CT molecular complexity index is 1030. The number of esters is 1. The lowest BCUT2D eigenvalue weighted by Gasteiger charge is -2.05. The van der Waals surface area contributed by atoms with Crippen molar-refractivity contribution in [3.05, 3.63) is 72.0 Å². The molecule has 2 aromatic carbocycles. The van der Waals surface area contributed by atoms with Gasteiger partial charge in [-0.25, -0.2) is 9.18 Å². The average molecular weight is 361 g/mol. The molecule has 0 fully saturated rings. The number of hydrogen-bond donors (Lipinski definition) is 1. The molecule has 25 heavy (non-hydrogen) atoms. The lowest BCUT2D eigenvalue weighted by molar-refractivity contribution is 0.0722. The Hall–Kier alpha value is -3.20.